The standard InChI is InChI=1S/C31H49N3O4/c1-22(2)16-24-20-34-11-10-23-18-29(36-3)30(37-4)19-27(23)28(34)17-25(24)21-38-31(35)33-14-12-32(13-15-33)26-8-6-5-7-9-26/h18-19,22,24-26,28H,5-17,20-21H2,1-4H3. The van der Waals surface area contributed by atoms with Crippen molar-refractivity contribution < 1.29 is 19.0 Å². The van der Waals surface area contributed by atoms with Crippen LogP contribution in [0.4, 0.5) is 4.79 Å². The summed E-state index contributed by atoms with van der Waals surface area (Å²) in [6.45, 7) is 10.8. The molecule has 5 rings (SSSR count). The Morgan fingerprint density at radius 2 is 1.63 bits per heavy atom. The third-order valence-electron chi connectivity index (χ3n) is 9.63. The van der Waals surface area contributed by atoms with Crippen LogP contribution in [0.1, 0.15) is 76.0 Å². The van der Waals surface area contributed by atoms with Crippen molar-refractivity contribution in [2.24, 2.45) is 17.8 Å². The van der Waals surface area contributed by atoms with Gasteiger partial charge < -0.3 is 19.1 Å². The van der Waals surface area contributed by atoms with E-state index in [4.69, 9.17) is 14.2 Å². The van der Waals surface area contributed by atoms with E-state index in [-0.39, 0.29) is 6.09 Å². The van der Waals surface area contributed by atoms with Crippen LogP contribution in [0.5, 0.6) is 11.5 Å². The van der Waals surface area contributed by atoms with Crippen LogP contribution in [-0.4, -0.2) is 86.9 Å². The molecule has 0 spiro atoms. The molecule has 4 aliphatic rings. The van der Waals surface area contributed by atoms with Gasteiger partial charge in [-0.25, -0.2) is 4.79 Å². The van der Waals surface area contributed by atoms with Crippen molar-refractivity contribution in [3.05, 3.63) is 23.3 Å². The number of piperazine rings is 1. The Morgan fingerprint density at radius 1 is 0.921 bits per heavy atom. The lowest BCUT2D eigenvalue weighted by Gasteiger charge is -2.47. The summed E-state index contributed by atoms with van der Waals surface area (Å²) in [5.74, 6) is 3.15. The molecular weight excluding hydrogens is 478 g/mol. The van der Waals surface area contributed by atoms with Crippen molar-refractivity contribution in [2.75, 3.05) is 60.1 Å². The smallest absolute Gasteiger partial charge is 0.409 e. The van der Waals surface area contributed by atoms with E-state index in [1.54, 1.807) is 14.2 Å². The number of amides is 1. The second-order valence-electron chi connectivity index (χ2n) is 12.4. The zero-order valence-corrected chi connectivity index (χ0v) is 24.1. The molecule has 3 atom stereocenters. The number of piperidine rings is 1. The van der Waals surface area contributed by atoms with Crippen LogP contribution >= 0.6 is 0 Å². The molecule has 1 aromatic rings. The second kappa shape index (κ2) is 12.5. The van der Waals surface area contributed by atoms with Gasteiger partial charge in [0.25, 0.3) is 0 Å². The maximum Gasteiger partial charge on any atom is 0.409 e. The van der Waals surface area contributed by atoms with E-state index >= 15 is 0 Å². The molecule has 38 heavy (non-hydrogen) atoms. The van der Waals surface area contributed by atoms with Gasteiger partial charge in [-0.3, -0.25) is 9.80 Å². The Bertz CT molecular complexity index is 939. The third kappa shape index (κ3) is 6.09. The van der Waals surface area contributed by atoms with Crippen LogP contribution in [0.15, 0.2) is 12.1 Å². The van der Waals surface area contributed by atoms with Gasteiger partial charge in [0, 0.05) is 51.4 Å². The Morgan fingerprint density at radius 3 is 2.32 bits per heavy atom. The number of hydrogen-bond donors (Lipinski definition) is 0. The first-order valence-electron chi connectivity index (χ1n) is 15.1. The molecule has 1 aliphatic carbocycles. The summed E-state index contributed by atoms with van der Waals surface area (Å²) in [4.78, 5) is 20.3. The van der Waals surface area contributed by atoms with Gasteiger partial charge >= 0.3 is 6.09 Å². The van der Waals surface area contributed by atoms with Crippen LogP contribution < -0.4 is 9.47 Å². The molecule has 7 heteroatoms. The molecule has 0 aromatic heterocycles. The van der Waals surface area contributed by atoms with E-state index in [0.29, 0.717) is 30.4 Å². The average Bonchev–Trinajstić information content (AvgIpc) is 2.95. The minimum Gasteiger partial charge on any atom is -0.493 e. The predicted octanol–water partition coefficient (Wildman–Crippen LogP) is 5.37. The molecule has 2 saturated heterocycles. The van der Waals surface area contributed by atoms with E-state index in [0.717, 1.165) is 69.7 Å². The summed E-state index contributed by atoms with van der Waals surface area (Å²) in [6, 6.07) is 5.40. The number of carbonyl (C=O) groups excluding carboxylic acids is 1. The molecule has 212 valence electrons. The van der Waals surface area contributed by atoms with Crippen molar-refractivity contribution in [2.45, 2.75) is 77.3 Å². The van der Waals surface area contributed by atoms with Crippen molar-refractivity contribution in [3.63, 3.8) is 0 Å². The van der Waals surface area contributed by atoms with Crippen molar-refractivity contribution in [1.29, 1.82) is 0 Å². The zero-order chi connectivity index (χ0) is 26.6. The SMILES string of the molecule is COc1cc2c(cc1OC)C1CC(COC(=O)N3CCN(C4CCCCC4)CC3)C(CC(C)C)CN1CC2. The molecule has 1 aromatic carbocycles. The first-order valence-corrected chi connectivity index (χ1v) is 15.1. The fraction of sp³-hybridized carbons (Fsp3) is 0.774. The molecule has 3 fully saturated rings. The maximum absolute atomic E-state index is 13.1. The van der Waals surface area contributed by atoms with Gasteiger partial charge in [-0.2, -0.15) is 0 Å². The number of methoxy groups -OCH3 is 2. The van der Waals surface area contributed by atoms with Gasteiger partial charge in [0.2, 0.25) is 0 Å². The highest BCUT2D eigenvalue weighted by molar-refractivity contribution is 5.67. The number of ether oxygens (including phenoxy) is 3. The zero-order valence-electron chi connectivity index (χ0n) is 24.1. The monoisotopic (exact) mass is 527 g/mol. The maximum atomic E-state index is 13.1. The van der Waals surface area contributed by atoms with Crippen molar-refractivity contribution in [3.8, 4) is 11.5 Å². The lowest BCUT2D eigenvalue weighted by Crippen LogP contribution is -2.52. The Labute approximate surface area is 229 Å². The summed E-state index contributed by atoms with van der Waals surface area (Å²) in [7, 11) is 3.42. The molecule has 1 saturated carbocycles. The molecule has 1 amide bonds. The minimum atomic E-state index is -0.116. The van der Waals surface area contributed by atoms with E-state index in [9.17, 15) is 4.79 Å². The Kier molecular flexibility index (Phi) is 9.04. The van der Waals surface area contributed by atoms with E-state index in [2.05, 4.69) is 35.8 Å². The predicted molar refractivity (Wildman–Crippen MR) is 150 cm³/mol. The van der Waals surface area contributed by atoms with Crippen LogP contribution in [0.3, 0.4) is 0 Å². The number of benzene rings is 1. The minimum absolute atomic E-state index is 0.116. The van der Waals surface area contributed by atoms with Crippen molar-refractivity contribution in [1.82, 2.24) is 14.7 Å². The normalized spacial score (nSPS) is 27.1. The summed E-state index contributed by atoms with van der Waals surface area (Å²) >= 11 is 0. The quantitative estimate of drug-likeness (QED) is 0.475. The number of carbonyl (C=O) groups is 1. The Balaban J connectivity index is 1.22. The molecule has 0 N–H and O–H groups in total. The topological polar surface area (TPSA) is 54.5 Å². The summed E-state index contributed by atoms with van der Waals surface area (Å²) in [6.07, 6.45) is 9.85. The first-order chi connectivity index (χ1) is 18.5. The van der Waals surface area contributed by atoms with Gasteiger partial charge in [0.05, 0.1) is 20.8 Å². The van der Waals surface area contributed by atoms with Crippen LogP contribution in [-0.2, 0) is 11.2 Å². The summed E-state index contributed by atoms with van der Waals surface area (Å²) in [5.41, 5.74) is 2.71. The first kappa shape index (κ1) is 27.6. The van der Waals surface area contributed by atoms with E-state index in [1.165, 1.54) is 49.7 Å². The molecular formula is C31H49N3O4. The number of rotatable bonds is 7. The fourth-order valence-corrected chi connectivity index (χ4v) is 7.57. The molecule has 3 unspecified atom stereocenters. The average molecular weight is 528 g/mol. The largest absolute Gasteiger partial charge is 0.493 e. The van der Waals surface area contributed by atoms with Gasteiger partial charge in [-0.05, 0) is 73.1 Å². The third-order valence-corrected chi connectivity index (χ3v) is 9.63. The highest BCUT2D eigenvalue weighted by Crippen LogP contribution is 2.45. The Hall–Kier alpha value is -1.99. The summed E-state index contributed by atoms with van der Waals surface area (Å²) in [5, 5.41) is 0. The lowest BCUT2D eigenvalue weighted by molar-refractivity contribution is 0.000276. The van der Waals surface area contributed by atoms with Gasteiger partial charge in [0.15, 0.2) is 11.5 Å². The molecule has 3 aliphatic heterocycles. The van der Waals surface area contributed by atoms with Crippen LogP contribution in [0, 0.1) is 17.8 Å². The van der Waals surface area contributed by atoms with E-state index in [1.807, 2.05) is 4.90 Å². The number of nitrogens with zero attached hydrogens (tertiary/aromatic N) is 3. The summed E-state index contributed by atoms with van der Waals surface area (Å²) < 4.78 is 17.3. The van der Waals surface area contributed by atoms with E-state index < -0.39 is 0 Å². The van der Waals surface area contributed by atoms with Crippen molar-refractivity contribution >= 4 is 6.09 Å². The molecule has 0 radical (unpaired) electrons. The number of fused-ring (bicyclic) bond motifs is 3. The molecule has 0 bridgehead atoms. The number of hydrogen-bond acceptors (Lipinski definition) is 6. The van der Waals surface area contributed by atoms with Gasteiger partial charge in [-0.15, -0.1) is 0 Å². The van der Waals surface area contributed by atoms with Crippen LogP contribution in [0.25, 0.3) is 0 Å². The fourth-order valence-electron chi connectivity index (χ4n) is 7.57. The van der Waals surface area contributed by atoms with Crippen LogP contribution in [0.2, 0.25) is 0 Å². The lowest BCUT2D eigenvalue weighted by atomic mass is 9.74. The van der Waals surface area contributed by atoms with Gasteiger partial charge in [0.1, 0.15) is 0 Å². The molecule has 3 heterocycles. The highest BCUT2D eigenvalue weighted by atomic mass is 16.6. The van der Waals surface area contributed by atoms with Gasteiger partial charge in [-0.1, -0.05) is 33.1 Å². The highest BCUT2D eigenvalue weighted by Gasteiger charge is 2.40. The molecule has 7 nitrogen and oxygen atoms in total. The second-order valence-corrected chi connectivity index (χ2v) is 12.4.